The van der Waals surface area contributed by atoms with Crippen molar-refractivity contribution in [2.75, 3.05) is 0 Å². The monoisotopic (exact) mass is 305 g/mol. The van der Waals surface area contributed by atoms with Crippen LogP contribution < -0.4 is 5.73 Å². The zero-order chi connectivity index (χ0) is 13.0. The van der Waals surface area contributed by atoms with Gasteiger partial charge in [-0.1, -0.05) is 32.8 Å². The second-order valence-electron chi connectivity index (χ2n) is 4.70. The van der Waals surface area contributed by atoms with Crippen LogP contribution in [0.2, 0.25) is 0 Å². The highest BCUT2D eigenvalue weighted by Crippen LogP contribution is 2.29. The topological polar surface area (TPSA) is 26.0 Å². The molecule has 0 fully saturated rings. The van der Waals surface area contributed by atoms with E-state index in [1.807, 2.05) is 0 Å². The second-order valence-corrected chi connectivity index (χ2v) is 5.49. The van der Waals surface area contributed by atoms with E-state index in [2.05, 4.69) is 29.8 Å². The molecule has 0 bridgehead atoms. The summed E-state index contributed by atoms with van der Waals surface area (Å²) in [6, 6.07) is 2.42. The molecule has 0 aliphatic carbocycles. The van der Waals surface area contributed by atoms with Gasteiger partial charge in [-0.2, -0.15) is 0 Å². The van der Waals surface area contributed by atoms with Crippen LogP contribution in [0, 0.1) is 17.6 Å². The zero-order valence-corrected chi connectivity index (χ0v) is 11.7. The Morgan fingerprint density at radius 2 is 1.88 bits per heavy atom. The Morgan fingerprint density at radius 3 is 2.47 bits per heavy atom. The van der Waals surface area contributed by atoms with Gasteiger partial charge in [-0.25, -0.2) is 8.78 Å². The average molecular weight is 306 g/mol. The van der Waals surface area contributed by atoms with E-state index in [0.717, 1.165) is 25.3 Å². The Labute approximate surface area is 110 Å². The van der Waals surface area contributed by atoms with Crippen molar-refractivity contribution in [1.29, 1.82) is 0 Å². The van der Waals surface area contributed by atoms with E-state index in [0.29, 0.717) is 11.5 Å². The minimum Gasteiger partial charge on any atom is -0.324 e. The van der Waals surface area contributed by atoms with Gasteiger partial charge in [0.15, 0.2) is 11.6 Å². The minimum absolute atomic E-state index is 0.148. The van der Waals surface area contributed by atoms with Gasteiger partial charge in [-0.05, 0) is 39.9 Å². The molecule has 4 heteroatoms. The predicted octanol–water partition coefficient (Wildman–Crippen LogP) is 4.55. The number of benzene rings is 1. The van der Waals surface area contributed by atoms with Crippen LogP contribution in [0.1, 0.15) is 44.7 Å². The van der Waals surface area contributed by atoms with Crippen LogP contribution in [0.25, 0.3) is 0 Å². The summed E-state index contributed by atoms with van der Waals surface area (Å²) in [5.41, 5.74) is 6.61. The molecule has 0 heterocycles. The molecule has 0 radical (unpaired) electrons. The van der Waals surface area contributed by atoms with E-state index in [4.69, 9.17) is 5.73 Å². The highest BCUT2D eigenvalue weighted by Gasteiger charge is 2.16. The third-order valence-electron chi connectivity index (χ3n) is 2.76. The van der Waals surface area contributed by atoms with Crippen molar-refractivity contribution in [2.24, 2.45) is 11.7 Å². The first-order valence-electron chi connectivity index (χ1n) is 5.82. The summed E-state index contributed by atoms with van der Waals surface area (Å²) < 4.78 is 26.4. The van der Waals surface area contributed by atoms with Crippen molar-refractivity contribution in [3.8, 4) is 0 Å². The van der Waals surface area contributed by atoms with Gasteiger partial charge in [0.2, 0.25) is 0 Å². The Kier molecular flexibility index (Phi) is 5.53. The van der Waals surface area contributed by atoms with Crippen LogP contribution in [0.15, 0.2) is 16.6 Å². The fourth-order valence-corrected chi connectivity index (χ4v) is 2.34. The van der Waals surface area contributed by atoms with Crippen molar-refractivity contribution in [3.63, 3.8) is 0 Å². The van der Waals surface area contributed by atoms with E-state index in [1.54, 1.807) is 6.07 Å². The molecule has 0 saturated carbocycles. The van der Waals surface area contributed by atoms with E-state index >= 15 is 0 Å². The van der Waals surface area contributed by atoms with Crippen LogP contribution in [-0.2, 0) is 0 Å². The summed E-state index contributed by atoms with van der Waals surface area (Å²) in [6.07, 6.45) is 2.86. The second kappa shape index (κ2) is 6.45. The Balaban J connectivity index is 2.69. The fourth-order valence-electron chi connectivity index (χ4n) is 1.73. The largest absolute Gasteiger partial charge is 0.324 e. The number of halogens is 3. The maximum atomic E-state index is 13.3. The summed E-state index contributed by atoms with van der Waals surface area (Å²) in [6.45, 7) is 4.30. The molecule has 17 heavy (non-hydrogen) atoms. The van der Waals surface area contributed by atoms with E-state index in [-0.39, 0.29) is 10.5 Å². The fraction of sp³-hybridized carbons (Fsp3) is 0.538. The number of nitrogens with two attached hydrogens (primary N) is 1. The molecule has 1 rings (SSSR count). The predicted molar refractivity (Wildman–Crippen MR) is 69.7 cm³/mol. The minimum atomic E-state index is -0.859. The molecule has 96 valence electrons. The van der Waals surface area contributed by atoms with Gasteiger partial charge in [-0.15, -0.1) is 0 Å². The Bertz CT molecular complexity index is 380. The summed E-state index contributed by atoms with van der Waals surface area (Å²) in [4.78, 5) is 0. The number of hydrogen-bond donors (Lipinski definition) is 1. The van der Waals surface area contributed by atoms with Crippen molar-refractivity contribution in [1.82, 2.24) is 0 Å². The number of rotatable bonds is 5. The van der Waals surface area contributed by atoms with E-state index < -0.39 is 11.6 Å². The first-order valence-corrected chi connectivity index (χ1v) is 6.61. The molecule has 1 atom stereocenters. The summed E-state index contributed by atoms with van der Waals surface area (Å²) in [5, 5.41) is 0. The van der Waals surface area contributed by atoms with Crippen LogP contribution in [-0.4, -0.2) is 0 Å². The van der Waals surface area contributed by atoms with Gasteiger partial charge in [0.1, 0.15) is 0 Å². The van der Waals surface area contributed by atoms with E-state index in [1.165, 1.54) is 0 Å². The molecule has 1 nitrogen and oxygen atoms in total. The molecule has 0 spiro atoms. The first-order chi connectivity index (χ1) is 7.93. The maximum Gasteiger partial charge on any atom is 0.173 e. The number of hydrogen-bond acceptors (Lipinski definition) is 1. The van der Waals surface area contributed by atoms with Crippen molar-refractivity contribution < 1.29 is 8.78 Å². The van der Waals surface area contributed by atoms with Crippen LogP contribution in [0.5, 0.6) is 0 Å². The van der Waals surface area contributed by atoms with Gasteiger partial charge >= 0.3 is 0 Å². The van der Waals surface area contributed by atoms with Crippen LogP contribution in [0.3, 0.4) is 0 Å². The molecule has 0 aliphatic heterocycles. The quantitative estimate of drug-likeness (QED) is 0.793. The van der Waals surface area contributed by atoms with Crippen LogP contribution in [0.4, 0.5) is 8.78 Å². The maximum absolute atomic E-state index is 13.3. The van der Waals surface area contributed by atoms with Gasteiger partial charge in [0.05, 0.1) is 4.47 Å². The molecule has 1 aromatic carbocycles. The van der Waals surface area contributed by atoms with Crippen molar-refractivity contribution in [3.05, 3.63) is 33.8 Å². The van der Waals surface area contributed by atoms with Crippen molar-refractivity contribution in [2.45, 2.75) is 39.2 Å². The highest BCUT2D eigenvalue weighted by molar-refractivity contribution is 9.10. The average Bonchev–Trinajstić information content (AvgIpc) is 2.25. The normalized spacial score (nSPS) is 13.1. The first kappa shape index (κ1) is 14.6. The summed E-state index contributed by atoms with van der Waals surface area (Å²) in [7, 11) is 0. The van der Waals surface area contributed by atoms with Gasteiger partial charge in [-0.3, -0.25) is 0 Å². The Morgan fingerprint density at radius 1 is 1.24 bits per heavy atom. The Hall–Kier alpha value is -0.480. The lowest BCUT2D eigenvalue weighted by atomic mass is 9.98. The third kappa shape index (κ3) is 4.03. The van der Waals surface area contributed by atoms with E-state index in [9.17, 15) is 8.78 Å². The molecule has 0 saturated heterocycles. The molecule has 2 N–H and O–H groups in total. The standard InChI is InChI=1S/C13H18BrF2N/c1-8(2)4-3-5-11(17)9-6-7-10(15)13(16)12(9)14/h6-8,11H,3-5,17H2,1-2H3. The summed E-state index contributed by atoms with van der Waals surface area (Å²) in [5.74, 6) is -1.08. The van der Waals surface area contributed by atoms with Crippen molar-refractivity contribution >= 4 is 15.9 Å². The molecule has 0 aromatic heterocycles. The van der Waals surface area contributed by atoms with Gasteiger partial charge < -0.3 is 5.73 Å². The molecular formula is C13H18BrF2N. The lowest BCUT2D eigenvalue weighted by Gasteiger charge is -2.15. The SMILES string of the molecule is CC(C)CCCC(N)c1ccc(F)c(F)c1Br. The third-order valence-corrected chi connectivity index (χ3v) is 3.57. The highest BCUT2D eigenvalue weighted by atomic mass is 79.9. The smallest absolute Gasteiger partial charge is 0.173 e. The lowest BCUT2D eigenvalue weighted by molar-refractivity contribution is 0.487. The molecule has 1 unspecified atom stereocenters. The molecular weight excluding hydrogens is 288 g/mol. The molecule has 0 amide bonds. The lowest BCUT2D eigenvalue weighted by Crippen LogP contribution is -2.12. The summed E-state index contributed by atoms with van der Waals surface area (Å²) >= 11 is 3.06. The molecule has 1 aromatic rings. The van der Waals surface area contributed by atoms with Gasteiger partial charge in [0, 0.05) is 6.04 Å². The zero-order valence-electron chi connectivity index (χ0n) is 10.1. The van der Waals surface area contributed by atoms with Crippen LogP contribution >= 0.6 is 15.9 Å². The van der Waals surface area contributed by atoms with Gasteiger partial charge in [0.25, 0.3) is 0 Å². The molecule has 0 aliphatic rings.